The van der Waals surface area contributed by atoms with Gasteiger partial charge in [0.15, 0.2) is 0 Å². The molecular weight excluding hydrogens is 482 g/mol. The lowest BCUT2D eigenvalue weighted by Gasteiger charge is -2.42. The molecule has 37 heavy (non-hydrogen) atoms. The number of ether oxygens (including phenoxy) is 1. The zero-order valence-electron chi connectivity index (χ0n) is 21.0. The number of carbonyl (C=O) groups excluding carboxylic acids is 3. The molecule has 2 aliphatic rings. The van der Waals surface area contributed by atoms with E-state index in [-0.39, 0.29) is 30.7 Å². The predicted octanol–water partition coefficient (Wildman–Crippen LogP) is 3.32. The molecule has 0 bridgehead atoms. The van der Waals surface area contributed by atoms with Crippen LogP contribution in [0.4, 0.5) is 13.6 Å². The number of hydrogen-bond acceptors (Lipinski definition) is 5. The van der Waals surface area contributed by atoms with E-state index in [9.17, 15) is 23.2 Å². The van der Waals surface area contributed by atoms with E-state index in [2.05, 4.69) is 10.2 Å². The van der Waals surface area contributed by atoms with Gasteiger partial charge in [0.1, 0.15) is 11.6 Å². The zero-order valence-corrected chi connectivity index (χ0v) is 21.0. The highest BCUT2D eigenvalue weighted by Crippen LogP contribution is 2.32. The van der Waals surface area contributed by atoms with Gasteiger partial charge in [0.2, 0.25) is 0 Å². The lowest BCUT2D eigenvalue weighted by atomic mass is 9.94. The Kier molecular flexibility index (Phi) is 7.87. The van der Waals surface area contributed by atoms with Crippen LogP contribution >= 0.6 is 0 Å². The van der Waals surface area contributed by atoms with Gasteiger partial charge in [-0.3, -0.25) is 14.6 Å². The van der Waals surface area contributed by atoms with Crippen LogP contribution < -0.4 is 5.32 Å². The monoisotopic (exact) mass is 512 g/mol. The number of piperazine rings is 1. The smallest absolute Gasteiger partial charge is 0.338 e. The molecule has 0 aliphatic carbocycles. The topological polar surface area (TPSA) is 82.2 Å². The van der Waals surface area contributed by atoms with Gasteiger partial charge in [-0.1, -0.05) is 18.2 Å². The number of urea groups is 1. The first-order chi connectivity index (χ1) is 17.7. The van der Waals surface area contributed by atoms with Crippen molar-refractivity contribution in [3.63, 3.8) is 0 Å². The molecule has 1 saturated heterocycles. The highest BCUT2D eigenvalue weighted by molar-refractivity contribution is 5.95. The van der Waals surface area contributed by atoms with Gasteiger partial charge in [-0.05, 0) is 49.7 Å². The summed E-state index contributed by atoms with van der Waals surface area (Å²) in [5, 5.41) is 2.82. The molecule has 0 aromatic heterocycles. The number of amides is 3. The maximum absolute atomic E-state index is 13.6. The van der Waals surface area contributed by atoms with Gasteiger partial charge >= 0.3 is 12.0 Å². The Balaban J connectivity index is 1.59. The molecule has 0 unspecified atom stereocenters. The predicted molar refractivity (Wildman–Crippen MR) is 132 cm³/mol. The fraction of sp³-hybridized carbons (Fsp3) is 0.370. The van der Waals surface area contributed by atoms with E-state index in [0.29, 0.717) is 36.5 Å². The Bertz CT molecular complexity index is 1220. The number of nitrogens with zero attached hydrogens (tertiary/aromatic N) is 3. The van der Waals surface area contributed by atoms with Crippen LogP contribution in [0.2, 0.25) is 0 Å². The normalized spacial score (nSPS) is 20.6. The van der Waals surface area contributed by atoms with Gasteiger partial charge in [-0.25, -0.2) is 18.4 Å². The van der Waals surface area contributed by atoms with Crippen molar-refractivity contribution in [2.75, 3.05) is 39.8 Å². The van der Waals surface area contributed by atoms with Gasteiger partial charge in [0, 0.05) is 50.5 Å². The minimum Gasteiger partial charge on any atom is -0.463 e. The van der Waals surface area contributed by atoms with Crippen molar-refractivity contribution in [1.82, 2.24) is 20.0 Å². The van der Waals surface area contributed by atoms with E-state index in [1.54, 1.807) is 24.9 Å². The molecule has 0 spiro atoms. The molecule has 1 N–H and O–H groups in total. The van der Waals surface area contributed by atoms with Crippen molar-refractivity contribution in [2.45, 2.75) is 25.9 Å². The van der Waals surface area contributed by atoms with Crippen LogP contribution in [0.3, 0.4) is 0 Å². The summed E-state index contributed by atoms with van der Waals surface area (Å²) in [5.74, 6) is -1.70. The minimum atomic E-state index is -0.799. The molecule has 1 fully saturated rings. The first-order valence-corrected chi connectivity index (χ1v) is 12.2. The van der Waals surface area contributed by atoms with Crippen LogP contribution in [0.25, 0.3) is 0 Å². The van der Waals surface area contributed by atoms with Gasteiger partial charge in [-0.2, -0.15) is 0 Å². The van der Waals surface area contributed by atoms with Crippen LogP contribution in [0.5, 0.6) is 0 Å². The van der Waals surface area contributed by atoms with Crippen molar-refractivity contribution >= 4 is 17.9 Å². The molecule has 196 valence electrons. The lowest BCUT2D eigenvalue weighted by molar-refractivity contribution is -0.139. The molecule has 3 amide bonds. The summed E-state index contributed by atoms with van der Waals surface area (Å²) in [6.45, 7) is 5.40. The Morgan fingerprint density at radius 2 is 1.81 bits per heavy atom. The van der Waals surface area contributed by atoms with Gasteiger partial charge in [-0.15, -0.1) is 0 Å². The first kappa shape index (κ1) is 26.3. The number of carbonyl (C=O) groups is 3. The standard InChI is InChI=1S/C27H30F2N4O4/c1-4-37-26(35)23-22(31(3)27(36)30-24(23)18-8-10-20(28)11-9-18)16-32-12-13-33(17(2)15-32)25(34)19-6-5-7-21(29)14-19/h5-11,14,17,24H,4,12-13,15-16H2,1-3H3,(H,30,36)/t17-,24+/m1/s1. The first-order valence-electron chi connectivity index (χ1n) is 12.2. The Morgan fingerprint density at radius 3 is 2.46 bits per heavy atom. The summed E-state index contributed by atoms with van der Waals surface area (Å²) in [4.78, 5) is 44.1. The third-order valence-corrected chi connectivity index (χ3v) is 6.69. The Morgan fingerprint density at radius 1 is 1.08 bits per heavy atom. The second-order valence-electron chi connectivity index (χ2n) is 9.17. The molecule has 2 aromatic rings. The molecule has 0 saturated carbocycles. The molecular formula is C27H30F2N4O4. The number of nitrogens with one attached hydrogen (secondary N) is 1. The number of esters is 1. The van der Waals surface area contributed by atoms with Crippen LogP contribution in [-0.4, -0.2) is 78.5 Å². The summed E-state index contributed by atoms with van der Waals surface area (Å²) in [5.41, 5.74) is 1.61. The average molecular weight is 513 g/mol. The number of halogens is 2. The molecule has 0 radical (unpaired) electrons. The number of benzene rings is 2. The summed E-state index contributed by atoms with van der Waals surface area (Å²) >= 11 is 0. The second kappa shape index (κ2) is 11.1. The van der Waals surface area contributed by atoms with E-state index in [1.165, 1.54) is 47.4 Å². The zero-order chi connectivity index (χ0) is 26.7. The Hall–Kier alpha value is -3.79. The van der Waals surface area contributed by atoms with Crippen molar-refractivity contribution < 1.29 is 27.9 Å². The molecule has 2 aromatic carbocycles. The van der Waals surface area contributed by atoms with E-state index < -0.39 is 29.7 Å². The van der Waals surface area contributed by atoms with E-state index in [0.717, 1.165) is 0 Å². The van der Waals surface area contributed by atoms with Gasteiger partial charge < -0.3 is 15.0 Å². The Labute approximate surface area is 214 Å². The second-order valence-corrected chi connectivity index (χ2v) is 9.17. The maximum Gasteiger partial charge on any atom is 0.338 e. The molecule has 8 nitrogen and oxygen atoms in total. The van der Waals surface area contributed by atoms with Crippen LogP contribution in [0.15, 0.2) is 59.8 Å². The third-order valence-electron chi connectivity index (χ3n) is 6.69. The summed E-state index contributed by atoms with van der Waals surface area (Å²) in [6, 6.07) is 9.84. The number of likely N-dealkylation sites (N-methyl/N-ethyl adjacent to an activating group) is 1. The van der Waals surface area contributed by atoms with E-state index >= 15 is 0 Å². The van der Waals surface area contributed by atoms with E-state index in [4.69, 9.17) is 4.74 Å². The summed E-state index contributed by atoms with van der Waals surface area (Å²) in [7, 11) is 1.58. The van der Waals surface area contributed by atoms with Crippen molar-refractivity contribution in [3.05, 3.63) is 82.6 Å². The van der Waals surface area contributed by atoms with E-state index in [1.807, 2.05) is 6.92 Å². The van der Waals surface area contributed by atoms with Crippen molar-refractivity contribution in [1.29, 1.82) is 0 Å². The largest absolute Gasteiger partial charge is 0.463 e. The highest BCUT2D eigenvalue weighted by Gasteiger charge is 2.38. The lowest BCUT2D eigenvalue weighted by Crippen LogP contribution is -2.56. The highest BCUT2D eigenvalue weighted by atomic mass is 19.1. The van der Waals surface area contributed by atoms with Gasteiger partial charge in [0.05, 0.1) is 18.2 Å². The number of rotatable bonds is 6. The molecule has 2 heterocycles. The molecule has 2 aliphatic heterocycles. The average Bonchev–Trinajstić information content (AvgIpc) is 2.87. The SMILES string of the molecule is CCOC(=O)C1=C(CN2CCN(C(=O)c3cccc(F)c3)[C@H](C)C2)N(C)C(=O)N[C@H]1c1ccc(F)cc1. The fourth-order valence-electron chi connectivity index (χ4n) is 4.78. The van der Waals surface area contributed by atoms with Gasteiger partial charge in [0.25, 0.3) is 5.91 Å². The number of hydrogen-bond donors (Lipinski definition) is 1. The van der Waals surface area contributed by atoms with Crippen LogP contribution in [0, 0.1) is 11.6 Å². The van der Waals surface area contributed by atoms with Crippen molar-refractivity contribution in [3.8, 4) is 0 Å². The molecule has 2 atom stereocenters. The maximum atomic E-state index is 13.6. The summed E-state index contributed by atoms with van der Waals surface area (Å²) < 4.78 is 32.5. The quantitative estimate of drug-likeness (QED) is 0.601. The third kappa shape index (κ3) is 5.64. The summed E-state index contributed by atoms with van der Waals surface area (Å²) in [6.07, 6.45) is 0. The fourth-order valence-corrected chi connectivity index (χ4v) is 4.78. The molecule has 4 rings (SSSR count). The van der Waals surface area contributed by atoms with Crippen LogP contribution in [-0.2, 0) is 9.53 Å². The van der Waals surface area contributed by atoms with Crippen molar-refractivity contribution in [2.24, 2.45) is 0 Å². The minimum absolute atomic E-state index is 0.154. The molecule has 10 heteroatoms. The van der Waals surface area contributed by atoms with Crippen LogP contribution in [0.1, 0.15) is 35.8 Å².